The van der Waals surface area contributed by atoms with E-state index in [0.717, 1.165) is 37.1 Å². The van der Waals surface area contributed by atoms with Gasteiger partial charge < -0.3 is 20.4 Å². The number of nitrogens with zero attached hydrogens (tertiary/aromatic N) is 3. The Morgan fingerprint density at radius 1 is 1.43 bits per heavy atom. The highest BCUT2D eigenvalue weighted by atomic mass is 16.5. The molecule has 0 radical (unpaired) electrons. The van der Waals surface area contributed by atoms with Gasteiger partial charge in [0.25, 0.3) is 0 Å². The molecule has 1 aromatic heterocycles. The summed E-state index contributed by atoms with van der Waals surface area (Å²) >= 11 is 0. The van der Waals surface area contributed by atoms with Gasteiger partial charge in [-0.25, -0.2) is 0 Å². The van der Waals surface area contributed by atoms with Gasteiger partial charge in [-0.05, 0) is 31.2 Å². The highest BCUT2D eigenvalue weighted by Crippen LogP contribution is 2.23. The number of oxime groups is 1. The third kappa shape index (κ3) is 3.41. The van der Waals surface area contributed by atoms with Crippen LogP contribution in [0.3, 0.4) is 0 Å². The zero-order valence-corrected chi connectivity index (χ0v) is 12.5. The van der Waals surface area contributed by atoms with Crippen LogP contribution in [0.1, 0.15) is 43.5 Å². The van der Waals surface area contributed by atoms with Crippen molar-refractivity contribution in [1.82, 2.24) is 10.2 Å². The number of ether oxygens (including phenoxy) is 2. The molecule has 1 unspecified atom stereocenters. The maximum atomic E-state index is 9.01. The van der Waals surface area contributed by atoms with Gasteiger partial charge in [-0.15, -0.1) is 5.10 Å². The van der Waals surface area contributed by atoms with E-state index in [1.165, 1.54) is 0 Å². The first-order valence-electron chi connectivity index (χ1n) is 7.31. The van der Waals surface area contributed by atoms with Crippen molar-refractivity contribution in [2.24, 2.45) is 10.9 Å². The second kappa shape index (κ2) is 7.21. The van der Waals surface area contributed by atoms with Crippen LogP contribution in [0, 0.1) is 0 Å². The lowest BCUT2D eigenvalue weighted by Crippen LogP contribution is -2.23. The van der Waals surface area contributed by atoms with Gasteiger partial charge in [0.1, 0.15) is 6.61 Å². The number of hydrogen-bond acceptors (Lipinski definition) is 6. The Balaban J connectivity index is 2.30. The molecule has 0 saturated carbocycles. The molecule has 0 spiro atoms. The fourth-order valence-electron chi connectivity index (χ4n) is 2.52. The summed E-state index contributed by atoms with van der Waals surface area (Å²) in [4.78, 5) is 0. The summed E-state index contributed by atoms with van der Waals surface area (Å²) < 4.78 is 11.2. The van der Waals surface area contributed by atoms with Crippen LogP contribution in [0.25, 0.3) is 0 Å². The first-order chi connectivity index (χ1) is 10.2. The number of aromatic nitrogens is 2. The van der Waals surface area contributed by atoms with Crippen molar-refractivity contribution >= 4 is 5.84 Å². The maximum absolute atomic E-state index is 9.01. The molecule has 7 nitrogen and oxygen atoms in total. The molecule has 0 aromatic carbocycles. The third-order valence-electron chi connectivity index (χ3n) is 3.61. The molecule has 0 bridgehead atoms. The summed E-state index contributed by atoms with van der Waals surface area (Å²) in [5.41, 5.74) is 8.08. The van der Waals surface area contributed by atoms with Crippen LogP contribution in [0.2, 0.25) is 0 Å². The van der Waals surface area contributed by atoms with E-state index in [0.29, 0.717) is 24.5 Å². The topological polar surface area (TPSA) is 103 Å². The number of aryl methyl sites for hydroxylation is 1. The van der Waals surface area contributed by atoms with Gasteiger partial charge in [-0.1, -0.05) is 19.0 Å². The number of rotatable bonds is 6. The summed E-state index contributed by atoms with van der Waals surface area (Å²) in [6.07, 6.45) is 3.53. The lowest BCUT2D eigenvalue weighted by Gasteiger charge is -2.16. The molecule has 1 aromatic rings. The van der Waals surface area contributed by atoms with E-state index >= 15 is 0 Å². The van der Waals surface area contributed by atoms with Crippen molar-refractivity contribution in [2.75, 3.05) is 13.2 Å². The predicted molar refractivity (Wildman–Crippen MR) is 77.8 cm³/mol. The van der Waals surface area contributed by atoms with Gasteiger partial charge in [-0.2, -0.15) is 5.10 Å². The SMILES string of the molecule is CCc1nnc(OCC2CCCO2)c(C(N)=NO)c1CC. The normalized spacial score (nSPS) is 19.0. The molecule has 0 amide bonds. The van der Waals surface area contributed by atoms with Crippen LogP contribution >= 0.6 is 0 Å². The second-order valence-electron chi connectivity index (χ2n) is 4.94. The first-order valence-corrected chi connectivity index (χ1v) is 7.31. The molecule has 1 aliphatic rings. The first kappa shape index (κ1) is 15.5. The van der Waals surface area contributed by atoms with Crippen LogP contribution in [0.15, 0.2) is 5.16 Å². The molecule has 116 valence electrons. The van der Waals surface area contributed by atoms with Gasteiger partial charge in [-0.3, -0.25) is 0 Å². The number of nitrogens with two attached hydrogens (primary N) is 1. The molecule has 0 aliphatic carbocycles. The van der Waals surface area contributed by atoms with Gasteiger partial charge in [0.2, 0.25) is 5.88 Å². The van der Waals surface area contributed by atoms with Gasteiger partial charge in [0.15, 0.2) is 5.84 Å². The van der Waals surface area contributed by atoms with Crippen molar-refractivity contribution in [3.63, 3.8) is 0 Å². The zero-order chi connectivity index (χ0) is 15.2. The quantitative estimate of drug-likeness (QED) is 0.354. The summed E-state index contributed by atoms with van der Waals surface area (Å²) in [6, 6.07) is 0. The van der Waals surface area contributed by atoms with Crippen LogP contribution in [-0.4, -0.2) is 40.6 Å². The third-order valence-corrected chi connectivity index (χ3v) is 3.61. The van der Waals surface area contributed by atoms with E-state index in [1.807, 2.05) is 13.8 Å². The van der Waals surface area contributed by atoms with E-state index in [1.54, 1.807) is 0 Å². The van der Waals surface area contributed by atoms with Gasteiger partial charge in [0, 0.05) is 6.61 Å². The monoisotopic (exact) mass is 294 g/mol. The molecule has 1 atom stereocenters. The minimum absolute atomic E-state index is 0.00112. The largest absolute Gasteiger partial charge is 0.473 e. The van der Waals surface area contributed by atoms with E-state index in [2.05, 4.69) is 15.4 Å². The maximum Gasteiger partial charge on any atom is 0.245 e. The van der Waals surface area contributed by atoms with Gasteiger partial charge in [0.05, 0.1) is 17.4 Å². The average Bonchev–Trinajstić information content (AvgIpc) is 3.04. The number of hydrogen-bond donors (Lipinski definition) is 2. The summed E-state index contributed by atoms with van der Waals surface area (Å²) in [7, 11) is 0. The fraction of sp³-hybridized carbons (Fsp3) is 0.643. The number of amidine groups is 1. The smallest absolute Gasteiger partial charge is 0.245 e. The van der Waals surface area contributed by atoms with Crippen molar-refractivity contribution in [3.05, 3.63) is 16.8 Å². The molecule has 21 heavy (non-hydrogen) atoms. The lowest BCUT2D eigenvalue weighted by molar-refractivity contribution is 0.0658. The van der Waals surface area contributed by atoms with E-state index < -0.39 is 0 Å². The molecule has 2 heterocycles. The molecule has 1 saturated heterocycles. The highest BCUT2D eigenvalue weighted by Gasteiger charge is 2.22. The van der Waals surface area contributed by atoms with Crippen LogP contribution in [-0.2, 0) is 17.6 Å². The zero-order valence-electron chi connectivity index (χ0n) is 12.5. The Morgan fingerprint density at radius 2 is 2.24 bits per heavy atom. The minimum atomic E-state index is -0.00112. The van der Waals surface area contributed by atoms with Crippen molar-refractivity contribution in [3.8, 4) is 5.88 Å². The molecule has 1 aliphatic heterocycles. The minimum Gasteiger partial charge on any atom is -0.473 e. The molecular weight excluding hydrogens is 272 g/mol. The van der Waals surface area contributed by atoms with E-state index in [9.17, 15) is 0 Å². The Hall–Kier alpha value is -1.89. The molecule has 1 fully saturated rings. The molecular formula is C14H22N4O3. The lowest BCUT2D eigenvalue weighted by atomic mass is 10.0. The summed E-state index contributed by atoms with van der Waals surface area (Å²) in [5, 5.41) is 20.4. The van der Waals surface area contributed by atoms with Crippen molar-refractivity contribution < 1.29 is 14.7 Å². The molecule has 3 N–H and O–H groups in total. The van der Waals surface area contributed by atoms with E-state index in [-0.39, 0.29) is 11.9 Å². The second-order valence-corrected chi connectivity index (χ2v) is 4.94. The van der Waals surface area contributed by atoms with Crippen LogP contribution in [0.5, 0.6) is 5.88 Å². The van der Waals surface area contributed by atoms with Crippen molar-refractivity contribution in [1.29, 1.82) is 0 Å². The standard InChI is InChI=1S/C14H22N4O3/c1-3-10-11(4-2)16-17-14(12(10)13(15)18-19)21-8-9-6-5-7-20-9/h9,19H,3-8H2,1-2H3,(H2,15,18). The fourth-order valence-corrected chi connectivity index (χ4v) is 2.52. The van der Waals surface area contributed by atoms with Crippen LogP contribution in [0.4, 0.5) is 0 Å². The molecule has 2 rings (SSSR count). The summed E-state index contributed by atoms with van der Waals surface area (Å²) in [6.45, 7) is 5.15. The Labute approximate surface area is 124 Å². The van der Waals surface area contributed by atoms with Gasteiger partial charge >= 0.3 is 0 Å². The van der Waals surface area contributed by atoms with Crippen LogP contribution < -0.4 is 10.5 Å². The van der Waals surface area contributed by atoms with Crippen molar-refractivity contribution in [2.45, 2.75) is 45.6 Å². The molecule has 7 heteroatoms. The highest BCUT2D eigenvalue weighted by molar-refractivity contribution is 6.00. The predicted octanol–water partition coefficient (Wildman–Crippen LogP) is 1.25. The Morgan fingerprint density at radius 3 is 2.81 bits per heavy atom. The van der Waals surface area contributed by atoms with E-state index in [4.69, 9.17) is 20.4 Å². The Kier molecular flexibility index (Phi) is 5.32. The Bertz CT molecular complexity index is 513. The summed E-state index contributed by atoms with van der Waals surface area (Å²) in [5.74, 6) is 0.300. The average molecular weight is 294 g/mol.